The first-order valence-electron chi connectivity index (χ1n) is 21.0. The molecule has 0 fully saturated rings. The Hall–Kier alpha value is -6.98. The molecule has 3 aromatic heterocycles. The first kappa shape index (κ1) is 35.0. The van der Waals surface area contributed by atoms with Crippen LogP contribution < -0.4 is 0 Å². The lowest BCUT2D eigenvalue weighted by atomic mass is 9.55. The third-order valence-electron chi connectivity index (χ3n) is 14.3. The van der Waals surface area contributed by atoms with Gasteiger partial charge in [0.25, 0.3) is 0 Å². The zero-order valence-corrected chi connectivity index (χ0v) is 33.6. The summed E-state index contributed by atoms with van der Waals surface area (Å²) in [5.74, 6) is -0.249. The van der Waals surface area contributed by atoms with Crippen molar-refractivity contribution in [1.82, 2.24) is 15.0 Å². The molecule has 60 heavy (non-hydrogen) atoms. The molecule has 5 nitrogen and oxygen atoms in total. The summed E-state index contributed by atoms with van der Waals surface area (Å²) in [6.45, 7) is 2.34. The van der Waals surface area contributed by atoms with E-state index in [9.17, 15) is 4.79 Å². The number of aromatic nitrogens is 3. The molecule has 0 aliphatic heterocycles. The molecule has 9 aromatic rings. The summed E-state index contributed by atoms with van der Waals surface area (Å²) >= 11 is 0. The van der Waals surface area contributed by atoms with Crippen molar-refractivity contribution in [2.24, 2.45) is 0 Å². The number of carbonyl (C=O) groups is 1. The number of ether oxygens (including phenoxy) is 1. The maximum absolute atomic E-state index is 14.3. The van der Waals surface area contributed by atoms with Gasteiger partial charge in [-0.15, -0.1) is 0 Å². The molecule has 3 heterocycles. The first-order chi connectivity index (χ1) is 29.5. The Balaban J connectivity index is 1.21. The van der Waals surface area contributed by atoms with E-state index in [0.717, 1.165) is 84.9 Å². The van der Waals surface area contributed by atoms with E-state index < -0.39 is 16.2 Å². The molecule has 0 unspecified atom stereocenters. The summed E-state index contributed by atoms with van der Waals surface area (Å²) in [5, 5.41) is 3.28. The zero-order chi connectivity index (χ0) is 40.2. The van der Waals surface area contributed by atoms with Crippen molar-refractivity contribution in [3.8, 4) is 33.8 Å². The van der Waals surface area contributed by atoms with Crippen LogP contribution in [0.1, 0.15) is 66.0 Å². The van der Waals surface area contributed by atoms with E-state index >= 15 is 0 Å². The Morgan fingerprint density at radius 2 is 0.800 bits per heavy atom. The summed E-state index contributed by atoms with van der Waals surface area (Å²) in [6, 6.07) is 58.9. The highest BCUT2D eigenvalue weighted by molar-refractivity contribution is 5.93. The van der Waals surface area contributed by atoms with E-state index in [0.29, 0.717) is 6.42 Å². The normalized spacial score (nSPS) is 20.4. The van der Waals surface area contributed by atoms with Crippen LogP contribution in [0.4, 0.5) is 0 Å². The lowest BCUT2D eigenvalue weighted by Crippen LogP contribution is -2.44. The molecule has 0 N–H and O–H groups in total. The molecule has 288 valence electrons. The van der Waals surface area contributed by atoms with Gasteiger partial charge >= 0.3 is 5.97 Å². The van der Waals surface area contributed by atoms with Gasteiger partial charge in [0.1, 0.15) is 0 Å². The number of hydrogen-bond donors (Lipinski definition) is 0. The van der Waals surface area contributed by atoms with Gasteiger partial charge in [-0.05, 0) is 89.0 Å². The van der Waals surface area contributed by atoms with Gasteiger partial charge in [0.15, 0.2) is 0 Å². The number of hydrogen-bond acceptors (Lipinski definition) is 5. The van der Waals surface area contributed by atoms with Gasteiger partial charge in [-0.3, -0.25) is 4.79 Å². The highest BCUT2D eigenvalue weighted by atomic mass is 16.5. The van der Waals surface area contributed by atoms with Crippen molar-refractivity contribution in [1.29, 1.82) is 0 Å². The number of nitrogens with zero attached hydrogens (tertiary/aromatic N) is 3. The molecule has 3 aliphatic rings. The molecule has 0 radical (unpaired) electrons. The standard InChI is InChI=1S/C55H41N3O2/c1-3-53(40-22-10-7-19-37(40)50-43(53)28-34-16-4-13-25-46(34)56-50)32-55(42-24-12-9-21-39(42)52-45(55)30-36-18-6-15-27-48(36)58-52)33-54(31-49(59)60-2)41-23-11-8-20-38(41)51-44(54)29-35-17-5-14-26-47(35)57-51/h4-30H,3,31-33H2,1-2H3/t53-,54+,55-/m1/s1. The second kappa shape index (κ2) is 12.8. The van der Waals surface area contributed by atoms with Crippen molar-refractivity contribution in [2.75, 3.05) is 7.11 Å². The Morgan fingerprint density at radius 1 is 0.450 bits per heavy atom. The molecule has 6 aromatic carbocycles. The van der Waals surface area contributed by atoms with Crippen LogP contribution in [-0.2, 0) is 25.8 Å². The van der Waals surface area contributed by atoms with Crippen molar-refractivity contribution < 1.29 is 9.53 Å². The largest absolute Gasteiger partial charge is 0.469 e. The van der Waals surface area contributed by atoms with Crippen molar-refractivity contribution in [3.05, 3.63) is 197 Å². The van der Waals surface area contributed by atoms with Crippen molar-refractivity contribution in [2.45, 2.75) is 48.9 Å². The topological polar surface area (TPSA) is 65.0 Å². The number of carbonyl (C=O) groups excluding carboxylic acids is 1. The van der Waals surface area contributed by atoms with Crippen LogP contribution in [0.3, 0.4) is 0 Å². The molecule has 0 amide bonds. The molecule has 0 bridgehead atoms. The van der Waals surface area contributed by atoms with Gasteiger partial charge in [0, 0.05) is 49.1 Å². The highest BCUT2D eigenvalue weighted by Crippen LogP contribution is 2.66. The maximum atomic E-state index is 14.3. The summed E-state index contributed by atoms with van der Waals surface area (Å²) in [6.07, 6.45) is 2.32. The van der Waals surface area contributed by atoms with Crippen molar-refractivity contribution in [3.63, 3.8) is 0 Å². The third kappa shape index (κ3) is 4.69. The van der Waals surface area contributed by atoms with E-state index in [1.165, 1.54) is 34.9 Å². The lowest BCUT2D eigenvalue weighted by molar-refractivity contribution is -0.141. The van der Waals surface area contributed by atoms with E-state index in [-0.39, 0.29) is 12.4 Å². The Bertz CT molecular complexity index is 3280. The third-order valence-corrected chi connectivity index (χ3v) is 14.3. The van der Waals surface area contributed by atoms with E-state index in [2.05, 4.69) is 165 Å². The van der Waals surface area contributed by atoms with E-state index in [1.807, 2.05) is 6.07 Å². The Morgan fingerprint density at radius 3 is 1.25 bits per heavy atom. The predicted octanol–water partition coefficient (Wildman–Crippen LogP) is 12.3. The average Bonchev–Trinajstić information content (AvgIpc) is 3.82. The summed E-state index contributed by atoms with van der Waals surface area (Å²) < 4.78 is 5.68. The monoisotopic (exact) mass is 775 g/mol. The van der Waals surface area contributed by atoms with Crippen molar-refractivity contribution >= 4 is 38.7 Å². The van der Waals surface area contributed by atoms with E-state index in [1.54, 1.807) is 0 Å². The second-order valence-corrected chi connectivity index (χ2v) is 17.1. The minimum absolute atomic E-state index is 0.159. The average molecular weight is 776 g/mol. The highest BCUT2D eigenvalue weighted by Gasteiger charge is 2.58. The van der Waals surface area contributed by atoms with Crippen LogP contribution >= 0.6 is 0 Å². The van der Waals surface area contributed by atoms with Crippen LogP contribution in [0.15, 0.2) is 164 Å². The fraction of sp³-hybridized carbons (Fsp3) is 0.164. The number of pyridine rings is 3. The number of esters is 1. The van der Waals surface area contributed by atoms with Gasteiger partial charge in [0.2, 0.25) is 0 Å². The Labute approximate surface area is 348 Å². The van der Waals surface area contributed by atoms with Gasteiger partial charge in [-0.25, -0.2) is 15.0 Å². The molecular weight excluding hydrogens is 735 g/mol. The minimum Gasteiger partial charge on any atom is -0.469 e. The van der Waals surface area contributed by atoms with Crippen LogP contribution in [-0.4, -0.2) is 28.0 Å². The zero-order valence-electron chi connectivity index (χ0n) is 33.6. The molecule has 12 rings (SSSR count). The van der Waals surface area contributed by atoms with Crippen LogP contribution in [0.2, 0.25) is 0 Å². The fourth-order valence-electron chi connectivity index (χ4n) is 11.7. The molecular formula is C55H41N3O2. The molecule has 0 saturated heterocycles. The quantitative estimate of drug-likeness (QED) is 0.151. The van der Waals surface area contributed by atoms with Crippen LogP contribution in [0, 0.1) is 0 Å². The molecule has 5 heteroatoms. The molecule has 3 aliphatic carbocycles. The lowest BCUT2D eigenvalue weighted by Gasteiger charge is -2.47. The summed E-state index contributed by atoms with van der Waals surface area (Å²) in [5.41, 5.74) is 14.5. The minimum atomic E-state index is -0.812. The maximum Gasteiger partial charge on any atom is 0.306 e. The number of rotatable bonds is 7. The summed E-state index contributed by atoms with van der Waals surface area (Å²) in [4.78, 5) is 30.6. The predicted molar refractivity (Wildman–Crippen MR) is 240 cm³/mol. The number of benzene rings is 6. The Kier molecular flexibility index (Phi) is 7.44. The van der Waals surface area contributed by atoms with Gasteiger partial charge in [-0.2, -0.15) is 0 Å². The van der Waals surface area contributed by atoms with Gasteiger partial charge < -0.3 is 4.74 Å². The fourth-order valence-corrected chi connectivity index (χ4v) is 11.7. The van der Waals surface area contributed by atoms with Crippen LogP contribution in [0.5, 0.6) is 0 Å². The smallest absolute Gasteiger partial charge is 0.306 e. The van der Waals surface area contributed by atoms with Gasteiger partial charge in [-0.1, -0.05) is 134 Å². The molecule has 0 spiro atoms. The summed E-state index contributed by atoms with van der Waals surface area (Å²) in [7, 11) is 1.51. The molecule has 0 saturated carbocycles. The van der Waals surface area contributed by atoms with Crippen LogP contribution in [0.25, 0.3) is 66.5 Å². The van der Waals surface area contributed by atoms with Gasteiger partial charge in [0.05, 0.1) is 47.2 Å². The number of methoxy groups -OCH3 is 1. The van der Waals surface area contributed by atoms with E-state index in [4.69, 9.17) is 19.7 Å². The first-order valence-corrected chi connectivity index (χ1v) is 21.0. The number of fused-ring (bicyclic) bond motifs is 12. The second-order valence-electron chi connectivity index (χ2n) is 17.1. The number of para-hydroxylation sites is 3. The molecule has 3 atom stereocenters. The SMILES string of the molecule is CC[C@@]1(C[C@@]2(C[C@@]3(CC(=O)OC)c4ccccc4-c4nc5ccccc5cc43)c3ccccc3-c3nc4ccccc4cc32)c2ccccc2-c2nc3ccccc3cc21.